The Bertz CT molecular complexity index is 118. The maximum absolute atomic E-state index is 9.23. The monoisotopic (exact) mass is 208 g/mol. The van der Waals surface area contributed by atoms with Gasteiger partial charge in [-0.3, -0.25) is 0 Å². The number of hydrogen-bond donors (Lipinski definition) is 2. The van der Waals surface area contributed by atoms with Gasteiger partial charge in [0.25, 0.3) is 0 Å². The third-order valence-corrected chi connectivity index (χ3v) is 4.86. The van der Waals surface area contributed by atoms with E-state index in [0.29, 0.717) is 0 Å². The van der Waals surface area contributed by atoms with Gasteiger partial charge in [-0.15, -0.1) is 0 Å². The Labute approximate surface area is 83.9 Å². The largest absolute Gasteiger partial charge is 0.495 e. The lowest BCUT2D eigenvalue weighted by molar-refractivity contribution is 0.584. The van der Waals surface area contributed by atoms with Gasteiger partial charge < -0.3 is 5.11 Å². The predicted octanol–water partition coefficient (Wildman–Crippen LogP) is 3.43. The highest BCUT2D eigenvalue weighted by atomic mass is 32.2. The molecule has 3 heteroatoms. The molecule has 0 aromatic carbocycles. The summed E-state index contributed by atoms with van der Waals surface area (Å²) in [4.78, 5) is 0. The van der Waals surface area contributed by atoms with Crippen molar-refractivity contribution in [2.75, 3.05) is 11.5 Å². The molecular formula is C9H20OS2. The first-order valence-electron chi connectivity index (χ1n) is 4.70. The Morgan fingerprint density at radius 3 is 1.83 bits per heavy atom. The zero-order valence-electron chi connectivity index (χ0n) is 8.05. The molecule has 0 heterocycles. The molecule has 0 rings (SSSR count). The standard InChI is InChI=1S/C9H20OS2/c1-3-5-7-12(9(10)11)8-6-4-2/h12H,3-8H2,1-2H3,(H,10,11). The molecule has 0 aromatic rings. The molecule has 0 bridgehead atoms. The quantitative estimate of drug-likeness (QED) is 0.515. The fraction of sp³-hybridized carbons (Fsp3) is 0.889. The second-order valence-electron chi connectivity index (χ2n) is 2.98. The molecule has 0 aromatic heterocycles. The topological polar surface area (TPSA) is 20.2 Å². The number of hydrogen-bond acceptors (Lipinski definition) is 1. The van der Waals surface area contributed by atoms with Crippen LogP contribution in [-0.2, 0) is 0 Å². The van der Waals surface area contributed by atoms with Crippen molar-refractivity contribution in [3.8, 4) is 0 Å². The van der Waals surface area contributed by atoms with E-state index in [1.54, 1.807) is 0 Å². The van der Waals surface area contributed by atoms with Crippen LogP contribution in [0.1, 0.15) is 39.5 Å². The van der Waals surface area contributed by atoms with Crippen molar-refractivity contribution in [1.29, 1.82) is 0 Å². The van der Waals surface area contributed by atoms with E-state index in [1.807, 2.05) is 0 Å². The number of unbranched alkanes of at least 4 members (excludes halogenated alkanes) is 2. The van der Waals surface area contributed by atoms with E-state index in [1.165, 1.54) is 25.7 Å². The van der Waals surface area contributed by atoms with Crippen molar-refractivity contribution in [2.24, 2.45) is 0 Å². The van der Waals surface area contributed by atoms with Gasteiger partial charge in [0, 0.05) is 0 Å². The molecule has 0 fully saturated rings. The first-order chi connectivity index (χ1) is 5.72. The number of thiol groups is 1. The van der Waals surface area contributed by atoms with Crippen LogP contribution in [0.25, 0.3) is 0 Å². The summed E-state index contributed by atoms with van der Waals surface area (Å²) in [7, 11) is -0.344. The summed E-state index contributed by atoms with van der Waals surface area (Å²) in [6, 6.07) is 0. The van der Waals surface area contributed by atoms with Crippen LogP contribution in [0, 0.1) is 0 Å². The molecule has 74 valence electrons. The highest BCUT2D eigenvalue weighted by Crippen LogP contribution is 2.28. The highest BCUT2D eigenvalue weighted by molar-refractivity contribution is 8.35. The summed E-state index contributed by atoms with van der Waals surface area (Å²) in [5, 5.41) is 9.23. The van der Waals surface area contributed by atoms with Gasteiger partial charge in [-0.05, 0) is 36.6 Å². The molecule has 12 heavy (non-hydrogen) atoms. The van der Waals surface area contributed by atoms with Crippen LogP contribution in [-0.4, -0.2) is 21.0 Å². The van der Waals surface area contributed by atoms with Gasteiger partial charge >= 0.3 is 0 Å². The molecule has 0 unspecified atom stereocenters. The van der Waals surface area contributed by atoms with Crippen molar-refractivity contribution in [3.63, 3.8) is 0 Å². The van der Waals surface area contributed by atoms with Crippen molar-refractivity contribution in [1.82, 2.24) is 0 Å². The first kappa shape index (κ1) is 12.2. The second kappa shape index (κ2) is 7.87. The van der Waals surface area contributed by atoms with E-state index in [9.17, 15) is 5.11 Å². The van der Waals surface area contributed by atoms with Gasteiger partial charge in [0.2, 0.25) is 0 Å². The predicted molar refractivity (Wildman–Crippen MR) is 63.8 cm³/mol. The molecular weight excluding hydrogens is 188 g/mol. The van der Waals surface area contributed by atoms with Crippen LogP contribution >= 0.6 is 23.1 Å². The molecule has 0 saturated carbocycles. The average Bonchev–Trinajstić information content (AvgIpc) is 2.04. The summed E-state index contributed by atoms with van der Waals surface area (Å²) in [5.74, 6) is 2.25. The average molecular weight is 208 g/mol. The Morgan fingerprint density at radius 1 is 1.17 bits per heavy atom. The van der Waals surface area contributed by atoms with Crippen molar-refractivity contribution in [2.45, 2.75) is 39.5 Å². The van der Waals surface area contributed by atoms with Crippen molar-refractivity contribution in [3.05, 3.63) is 0 Å². The number of aliphatic hydroxyl groups excluding tert-OH is 1. The minimum Gasteiger partial charge on any atom is -0.495 e. The molecule has 0 radical (unpaired) electrons. The Balaban J connectivity index is 3.62. The van der Waals surface area contributed by atoms with Crippen molar-refractivity contribution >= 4 is 27.5 Å². The van der Waals surface area contributed by atoms with Crippen LogP contribution in [0.4, 0.5) is 0 Å². The van der Waals surface area contributed by atoms with E-state index < -0.39 is 0 Å². The molecule has 0 spiro atoms. The molecule has 0 saturated heterocycles. The van der Waals surface area contributed by atoms with Crippen molar-refractivity contribution < 1.29 is 5.11 Å². The number of aliphatic hydroxyl groups is 1. The molecule has 0 amide bonds. The van der Waals surface area contributed by atoms with Crippen LogP contribution in [0.2, 0.25) is 0 Å². The summed E-state index contributed by atoms with van der Waals surface area (Å²) in [5.41, 5.74) is 0. The Morgan fingerprint density at radius 2 is 1.58 bits per heavy atom. The second-order valence-corrected chi connectivity index (χ2v) is 6.06. The van der Waals surface area contributed by atoms with Gasteiger partial charge in [0.05, 0.1) is 0 Å². The van der Waals surface area contributed by atoms with E-state index in [-0.39, 0.29) is 15.3 Å². The summed E-state index contributed by atoms with van der Waals surface area (Å²) in [6.45, 7) is 4.35. The van der Waals surface area contributed by atoms with E-state index >= 15 is 0 Å². The lowest BCUT2D eigenvalue weighted by atomic mass is 10.4. The van der Waals surface area contributed by atoms with E-state index in [0.717, 1.165) is 11.5 Å². The molecule has 0 atom stereocenters. The molecule has 0 aliphatic carbocycles. The normalized spacial score (nSPS) is 11.3. The fourth-order valence-corrected chi connectivity index (χ4v) is 3.55. The van der Waals surface area contributed by atoms with Crippen LogP contribution < -0.4 is 0 Å². The maximum Gasteiger partial charge on any atom is 0.197 e. The Kier molecular flexibility index (Phi) is 8.02. The number of rotatable bonds is 6. The lowest BCUT2D eigenvalue weighted by Crippen LogP contribution is -2.03. The van der Waals surface area contributed by atoms with Crippen LogP contribution in [0.15, 0.2) is 0 Å². The minimum absolute atomic E-state index is 0.284. The lowest BCUT2D eigenvalue weighted by Gasteiger charge is -2.17. The zero-order valence-corrected chi connectivity index (χ0v) is 9.76. The summed E-state index contributed by atoms with van der Waals surface area (Å²) in [6.07, 6.45) is 4.81. The molecule has 1 nitrogen and oxygen atoms in total. The van der Waals surface area contributed by atoms with Gasteiger partial charge in [-0.2, -0.15) is 10.9 Å². The minimum atomic E-state index is -0.344. The fourth-order valence-electron chi connectivity index (χ4n) is 1.00. The summed E-state index contributed by atoms with van der Waals surface area (Å²) < 4.78 is 0.284. The van der Waals surface area contributed by atoms with Gasteiger partial charge in [-0.25, -0.2) is 0 Å². The van der Waals surface area contributed by atoms with Crippen LogP contribution in [0.3, 0.4) is 0 Å². The van der Waals surface area contributed by atoms with Gasteiger partial charge in [0.1, 0.15) is 0 Å². The molecule has 0 aliphatic rings. The molecule has 1 N–H and O–H groups in total. The molecule has 0 aliphatic heterocycles. The smallest absolute Gasteiger partial charge is 0.197 e. The van der Waals surface area contributed by atoms with E-state index in [2.05, 4.69) is 13.8 Å². The van der Waals surface area contributed by atoms with Gasteiger partial charge in [0.15, 0.2) is 4.38 Å². The van der Waals surface area contributed by atoms with Crippen LogP contribution in [0.5, 0.6) is 0 Å². The zero-order chi connectivity index (χ0) is 9.40. The van der Waals surface area contributed by atoms with Gasteiger partial charge in [-0.1, -0.05) is 26.7 Å². The summed E-state index contributed by atoms with van der Waals surface area (Å²) >= 11 is 4.83. The third kappa shape index (κ3) is 5.84. The van der Waals surface area contributed by atoms with E-state index in [4.69, 9.17) is 12.2 Å². The highest BCUT2D eigenvalue weighted by Gasteiger charge is 2.06. The maximum atomic E-state index is 9.23. The third-order valence-electron chi connectivity index (χ3n) is 1.83. The SMILES string of the molecule is CCCC[SH](CCCC)C(O)=S. The number of thiocarbonyl (C=S) groups is 1. The Hall–Kier alpha value is 0.240. The first-order valence-corrected chi connectivity index (χ1v) is 6.82.